The highest BCUT2D eigenvalue weighted by molar-refractivity contribution is 5.37. The lowest BCUT2D eigenvalue weighted by atomic mass is 9.92. The zero-order valence-electron chi connectivity index (χ0n) is 19.4. The molecule has 0 spiro atoms. The molecule has 3 atom stereocenters. The van der Waals surface area contributed by atoms with E-state index in [1.165, 1.54) is 4.68 Å². The number of anilines is 2. The van der Waals surface area contributed by atoms with Crippen molar-refractivity contribution >= 4 is 12.0 Å². The van der Waals surface area contributed by atoms with Gasteiger partial charge in [-0.3, -0.25) is 0 Å². The number of aromatic nitrogens is 5. The molecule has 2 bridgehead atoms. The Labute approximate surface area is 198 Å². The second-order valence-electron chi connectivity index (χ2n) is 9.27. The number of benzene rings is 1. The van der Waals surface area contributed by atoms with Crippen LogP contribution in [0, 0.1) is 24.6 Å². The minimum absolute atomic E-state index is 0.0909. The van der Waals surface area contributed by atoms with Gasteiger partial charge >= 0.3 is 18.2 Å². The first-order valence-corrected chi connectivity index (χ1v) is 11.4. The van der Waals surface area contributed by atoms with Gasteiger partial charge in [-0.2, -0.15) is 23.1 Å². The fourth-order valence-corrected chi connectivity index (χ4v) is 4.86. The molecule has 2 aromatic heterocycles. The van der Waals surface area contributed by atoms with Crippen molar-refractivity contribution in [2.45, 2.75) is 51.9 Å². The van der Waals surface area contributed by atoms with Gasteiger partial charge in [-0.25, -0.2) is 9.07 Å². The van der Waals surface area contributed by atoms with Gasteiger partial charge in [0.05, 0.1) is 11.6 Å². The molecule has 13 heteroatoms. The highest BCUT2D eigenvalue weighted by Crippen LogP contribution is 2.40. The highest BCUT2D eigenvalue weighted by Gasteiger charge is 2.44. The van der Waals surface area contributed by atoms with Gasteiger partial charge < -0.3 is 19.5 Å². The monoisotopic (exact) mass is 495 g/mol. The summed E-state index contributed by atoms with van der Waals surface area (Å²) >= 11 is 0. The van der Waals surface area contributed by atoms with E-state index in [-0.39, 0.29) is 35.9 Å². The zero-order valence-corrected chi connectivity index (χ0v) is 19.4. The Bertz CT molecular complexity index is 1190. The highest BCUT2D eigenvalue weighted by atomic mass is 19.4. The molecule has 1 saturated heterocycles. The van der Waals surface area contributed by atoms with Crippen LogP contribution < -0.4 is 15.0 Å². The quantitative estimate of drug-likeness (QED) is 0.486. The van der Waals surface area contributed by atoms with Crippen LogP contribution in [0.4, 0.5) is 29.5 Å². The lowest BCUT2D eigenvalue weighted by Crippen LogP contribution is -2.48. The standard InChI is InChI=1S/C22H25F4N7O2/c1-11(2)33-21(34-16-6-4-5-15(17(16)23)22(24,25)26)29-19(30-33)28-18-13-7-8-14(18)10-32(9-13)20-27-12(3)31-35-20/h4-6,11,13-14,18H,7-10H2,1-3H3,(H,28,30)/t13-,14+,18-. The van der Waals surface area contributed by atoms with Gasteiger partial charge in [0.1, 0.15) is 0 Å². The first kappa shape index (κ1) is 23.4. The predicted molar refractivity (Wildman–Crippen MR) is 117 cm³/mol. The summed E-state index contributed by atoms with van der Waals surface area (Å²) in [5, 5.41) is 11.7. The van der Waals surface area contributed by atoms with Gasteiger partial charge in [-0.1, -0.05) is 11.2 Å². The molecule has 5 rings (SSSR count). The molecule has 35 heavy (non-hydrogen) atoms. The van der Waals surface area contributed by atoms with Crippen LogP contribution in [0.15, 0.2) is 22.7 Å². The van der Waals surface area contributed by atoms with Gasteiger partial charge in [-0.05, 0) is 57.6 Å². The number of halogens is 4. The topological polar surface area (TPSA) is 94.1 Å². The molecule has 2 fully saturated rings. The van der Waals surface area contributed by atoms with E-state index in [0.29, 0.717) is 17.9 Å². The second kappa shape index (κ2) is 8.68. The maximum absolute atomic E-state index is 14.5. The van der Waals surface area contributed by atoms with Crippen LogP contribution in [0.1, 0.15) is 44.1 Å². The van der Waals surface area contributed by atoms with Crippen molar-refractivity contribution in [2.24, 2.45) is 11.8 Å². The molecule has 3 aromatic rings. The minimum Gasteiger partial charge on any atom is -0.421 e. The summed E-state index contributed by atoms with van der Waals surface area (Å²) in [6.07, 6.45) is -2.82. The summed E-state index contributed by atoms with van der Waals surface area (Å²) in [6, 6.07) is 3.18. The van der Waals surface area contributed by atoms with Gasteiger partial charge in [0.25, 0.3) is 0 Å². The third kappa shape index (κ3) is 4.50. The molecular formula is C22H25F4N7O2. The molecule has 9 nitrogen and oxygen atoms in total. The Morgan fingerprint density at radius 2 is 1.86 bits per heavy atom. The average molecular weight is 495 g/mol. The molecule has 0 radical (unpaired) electrons. The van der Waals surface area contributed by atoms with Gasteiger partial charge in [0.2, 0.25) is 5.95 Å². The summed E-state index contributed by atoms with van der Waals surface area (Å²) < 4.78 is 66.0. The number of hydrogen-bond donors (Lipinski definition) is 1. The number of nitrogens with zero attached hydrogens (tertiary/aromatic N) is 6. The maximum Gasteiger partial charge on any atom is 0.419 e. The normalized spacial score (nSPS) is 22.2. The fraction of sp³-hybridized carbons (Fsp3) is 0.545. The van der Waals surface area contributed by atoms with E-state index in [0.717, 1.165) is 38.1 Å². The van der Waals surface area contributed by atoms with Crippen molar-refractivity contribution in [3.63, 3.8) is 0 Å². The number of alkyl halides is 3. The van der Waals surface area contributed by atoms with Crippen LogP contribution in [0.25, 0.3) is 0 Å². The van der Waals surface area contributed by atoms with Crippen molar-refractivity contribution < 1.29 is 26.8 Å². The second-order valence-corrected chi connectivity index (χ2v) is 9.27. The lowest BCUT2D eigenvalue weighted by Gasteiger charge is -2.37. The van der Waals surface area contributed by atoms with Crippen LogP contribution in [-0.2, 0) is 6.18 Å². The third-order valence-electron chi connectivity index (χ3n) is 6.48. The molecule has 1 aliphatic carbocycles. The summed E-state index contributed by atoms with van der Waals surface area (Å²) in [5.74, 6) is -0.612. The van der Waals surface area contributed by atoms with E-state index < -0.39 is 23.3 Å². The number of rotatable bonds is 6. The van der Waals surface area contributed by atoms with Crippen molar-refractivity contribution in [3.05, 3.63) is 35.4 Å². The SMILES string of the molecule is Cc1noc(N2C[C@H]3CC[C@@H](C2)[C@@H]3Nc2nc(Oc3cccc(C(F)(F)F)c3F)n(C(C)C)n2)n1. The molecule has 0 unspecified atom stereocenters. The first-order chi connectivity index (χ1) is 16.6. The Morgan fingerprint density at radius 3 is 2.46 bits per heavy atom. The number of fused-ring (bicyclic) bond motifs is 2. The Hall–Kier alpha value is -3.38. The number of ether oxygens (including phenoxy) is 1. The molecule has 1 aromatic carbocycles. The van der Waals surface area contributed by atoms with Gasteiger partial charge in [0, 0.05) is 19.1 Å². The molecule has 0 amide bonds. The Balaban J connectivity index is 1.35. The Kier molecular flexibility index (Phi) is 5.80. The van der Waals surface area contributed by atoms with Crippen molar-refractivity contribution in [1.29, 1.82) is 0 Å². The van der Waals surface area contributed by atoms with Crippen molar-refractivity contribution in [3.8, 4) is 11.8 Å². The molecule has 1 saturated carbocycles. The van der Waals surface area contributed by atoms with Crippen LogP contribution >= 0.6 is 0 Å². The number of piperidine rings is 1. The lowest BCUT2D eigenvalue weighted by molar-refractivity contribution is -0.140. The van der Waals surface area contributed by atoms with Crippen molar-refractivity contribution in [1.82, 2.24) is 24.9 Å². The summed E-state index contributed by atoms with van der Waals surface area (Å²) in [5.41, 5.74) is -1.40. The zero-order chi connectivity index (χ0) is 24.9. The van der Waals surface area contributed by atoms with E-state index in [2.05, 4.69) is 30.4 Å². The van der Waals surface area contributed by atoms with E-state index in [4.69, 9.17) is 9.26 Å². The van der Waals surface area contributed by atoms with E-state index in [1.807, 2.05) is 13.8 Å². The van der Waals surface area contributed by atoms with E-state index in [9.17, 15) is 17.6 Å². The smallest absolute Gasteiger partial charge is 0.419 e. The third-order valence-corrected chi connectivity index (χ3v) is 6.48. The molecule has 3 heterocycles. The van der Waals surface area contributed by atoms with Crippen LogP contribution in [-0.4, -0.2) is 44.0 Å². The maximum atomic E-state index is 14.5. The Morgan fingerprint density at radius 1 is 1.14 bits per heavy atom. The fourth-order valence-electron chi connectivity index (χ4n) is 4.86. The average Bonchev–Trinajstić information content (AvgIpc) is 3.45. The van der Waals surface area contributed by atoms with E-state index in [1.54, 1.807) is 6.92 Å². The predicted octanol–water partition coefficient (Wildman–Crippen LogP) is 4.83. The van der Waals surface area contributed by atoms with E-state index >= 15 is 0 Å². The number of nitrogens with one attached hydrogen (secondary N) is 1. The largest absolute Gasteiger partial charge is 0.421 e. The van der Waals surface area contributed by atoms with Crippen molar-refractivity contribution in [2.75, 3.05) is 23.3 Å². The molecular weight excluding hydrogens is 470 g/mol. The van der Waals surface area contributed by atoms with Crippen LogP contribution in [0.5, 0.6) is 11.8 Å². The number of aryl methyl sites for hydroxylation is 1. The van der Waals surface area contributed by atoms with Crippen LogP contribution in [0.2, 0.25) is 0 Å². The van der Waals surface area contributed by atoms with Gasteiger partial charge in [-0.15, -0.1) is 5.10 Å². The minimum atomic E-state index is -4.84. The molecule has 1 N–H and O–H groups in total. The number of hydrogen-bond acceptors (Lipinski definition) is 8. The molecule has 2 aliphatic rings. The first-order valence-electron chi connectivity index (χ1n) is 11.4. The van der Waals surface area contributed by atoms with Crippen LogP contribution in [0.3, 0.4) is 0 Å². The van der Waals surface area contributed by atoms with Gasteiger partial charge in [0.15, 0.2) is 17.4 Å². The molecule has 1 aliphatic heterocycles. The summed E-state index contributed by atoms with van der Waals surface area (Å²) in [4.78, 5) is 10.8. The summed E-state index contributed by atoms with van der Waals surface area (Å²) in [7, 11) is 0. The summed E-state index contributed by atoms with van der Waals surface area (Å²) in [6.45, 7) is 6.89. The molecule has 188 valence electrons.